The molecule has 3 atom stereocenters. The molecule has 0 aliphatic carbocycles. The number of rotatable bonds is 7. The minimum Gasteiger partial charge on any atom is -0.475 e. The van der Waals surface area contributed by atoms with E-state index in [-0.39, 0.29) is 35.6 Å². The predicted octanol–water partition coefficient (Wildman–Crippen LogP) is 3.18. The van der Waals surface area contributed by atoms with Crippen molar-refractivity contribution >= 4 is 44.6 Å². The molecule has 2 amide bonds. The molecule has 2 aliphatic heterocycles. The zero-order valence-electron chi connectivity index (χ0n) is 21.4. The van der Waals surface area contributed by atoms with Gasteiger partial charge in [-0.15, -0.1) is 0 Å². The number of hydrogen-bond donors (Lipinski definition) is 3. The second kappa shape index (κ2) is 12.2. The molecule has 0 bridgehead atoms. The molecule has 4 N–H and O–H groups in total. The Morgan fingerprint density at radius 2 is 1.75 bits per heavy atom. The third-order valence-electron chi connectivity index (χ3n) is 6.89. The summed E-state index contributed by atoms with van der Waals surface area (Å²) in [6.07, 6.45) is -3.58. The maximum Gasteiger partial charge on any atom is 0.490 e. The van der Waals surface area contributed by atoms with Crippen LogP contribution < -0.4 is 5.73 Å². The number of alkyl halides is 3. The Hall–Kier alpha value is -3.72. The van der Waals surface area contributed by atoms with E-state index in [1.165, 1.54) is 11.4 Å². The molecule has 4 rings (SSSR count). The van der Waals surface area contributed by atoms with E-state index in [2.05, 4.69) is 0 Å². The van der Waals surface area contributed by atoms with Crippen LogP contribution in [0.5, 0.6) is 0 Å². The van der Waals surface area contributed by atoms with E-state index in [4.69, 9.17) is 25.8 Å². The smallest absolute Gasteiger partial charge is 0.475 e. The van der Waals surface area contributed by atoms with E-state index in [9.17, 15) is 31.2 Å². The quantitative estimate of drug-likeness (QED) is 0.252. The number of aliphatic carboxylic acids is 1. The first-order valence-corrected chi connectivity index (χ1v) is 13.7. The van der Waals surface area contributed by atoms with Gasteiger partial charge in [0.2, 0.25) is 15.9 Å². The average molecular weight is 587 g/mol. The number of fused-ring (bicyclic) bond motifs is 2. The number of carboxylic acids is 1. The molecule has 0 saturated carbocycles. The second-order valence-electron chi connectivity index (χ2n) is 9.42. The number of ether oxygens (including phenoxy) is 1. The number of nitrogens with one attached hydrogen (secondary N) is 1. The van der Waals surface area contributed by atoms with Gasteiger partial charge < -0.3 is 15.6 Å². The monoisotopic (exact) mass is 586 g/mol. The molecule has 218 valence electrons. The fourth-order valence-corrected chi connectivity index (χ4v) is 6.51. The number of amides is 2. The number of carboxylic acid groups (broad SMARTS) is 1. The molecule has 2 fully saturated rings. The van der Waals surface area contributed by atoms with Crippen molar-refractivity contribution in [1.82, 2.24) is 9.21 Å². The van der Waals surface area contributed by atoms with Gasteiger partial charge in [-0.25, -0.2) is 22.9 Å². The van der Waals surface area contributed by atoms with Gasteiger partial charge in [0.15, 0.2) is 0 Å². The molecular formula is C25H29F3N4O7S. The first-order chi connectivity index (χ1) is 18.7. The van der Waals surface area contributed by atoms with Crippen LogP contribution in [0, 0.1) is 17.2 Å². The zero-order chi connectivity index (χ0) is 29.8. The van der Waals surface area contributed by atoms with Crippen LogP contribution in [0.3, 0.4) is 0 Å². The predicted molar refractivity (Wildman–Crippen MR) is 137 cm³/mol. The van der Waals surface area contributed by atoms with Crippen LogP contribution >= 0.6 is 0 Å². The largest absolute Gasteiger partial charge is 0.490 e. The highest BCUT2D eigenvalue weighted by atomic mass is 32.2. The molecule has 2 aromatic rings. The minimum atomic E-state index is -5.08. The van der Waals surface area contributed by atoms with Crippen molar-refractivity contribution in [2.75, 3.05) is 20.2 Å². The van der Waals surface area contributed by atoms with Gasteiger partial charge in [-0.2, -0.15) is 17.5 Å². The van der Waals surface area contributed by atoms with E-state index >= 15 is 0 Å². The lowest BCUT2D eigenvalue weighted by molar-refractivity contribution is -0.192. The number of methoxy groups -OCH3 is 1. The van der Waals surface area contributed by atoms with Gasteiger partial charge in [-0.05, 0) is 35.7 Å². The number of sulfonamides is 1. The van der Waals surface area contributed by atoms with E-state index in [1.807, 2.05) is 24.3 Å². The van der Waals surface area contributed by atoms with Crippen molar-refractivity contribution in [1.29, 1.82) is 5.41 Å². The second-order valence-corrected chi connectivity index (χ2v) is 11.4. The van der Waals surface area contributed by atoms with Crippen LogP contribution in [-0.2, 0) is 24.3 Å². The van der Waals surface area contributed by atoms with Crippen LogP contribution in [0.4, 0.5) is 18.0 Å². The van der Waals surface area contributed by atoms with E-state index in [0.29, 0.717) is 25.7 Å². The number of hydrogen-bond acceptors (Lipinski definition) is 7. The number of amidine groups is 1. The maximum atomic E-state index is 13.4. The number of nitrogens with two attached hydrogens (primary N) is 1. The average Bonchev–Trinajstić information content (AvgIpc) is 3.43. The normalized spacial score (nSPS) is 21.1. The van der Waals surface area contributed by atoms with Gasteiger partial charge in [0, 0.05) is 31.3 Å². The SMILES string of the molecule is COC(=O)N1C(=O)C(CCCCC(=N)N)[C@@H]2CN(S(=O)(=O)c3ccc4ccccc4c3)C[C@H]21.O=C(O)C(F)(F)F. The lowest BCUT2D eigenvalue weighted by atomic mass is 9.88. The van der Waals surface area contributed by atoms with Crippen molar-refractivity contribution < 1.29 is 45.8 Å². The Morgan fingerprint density at radius 3 is 2.33 bits per heavy atom. The van der Waals surface area contributed by atoms with Crippen LogP contribution in [0.1, 0.15) is 25.7 Å². The van der Waals surface area contributed by atoms with Gasteiger partial charge in [0.05, 0.1) is 23.9 Å². The summed E-state index contributed by atoms with van der Waals surface area (Å²) >= 11 is 0. The van der Waals surface area contributed by atoms with Crippen molar-refractivity contribution in [2.24, 2.45) is 17.6 Å². The highest BCUT2D eigenvalue weighted by molar-refractivity contribution is 7.89. The van der Waals surface area contributed by atoms with Crippen LogP contribution in [0.2, 0.25) is 0 Å². The third-order valence-corrected chi connectivity index (χ3v) is 8.71. The summed E-state index contributed by atoms with van der Waals surface area (Å²) in [5, 5.41) is 16.2. The lowest BCUT2D eigenvalue weighted by Crippen LogP contribution is -2.43. The number of carbonyl (C=O) groups is 3. The molecule has 2 heterocycles. The summed E-state index contributed by atoms with van der Waals surface area (Å²) in [4.78, 5) is 35.6. The highest BCUT2D eigenvalue weighted by Gasteiger charge is 2.56. The summed E-state index contributed by atoms with van der Waals surface area (Å²) < 4.78 is 64.8. The summed E-state index contributed by atoms with van der Waals surface area (Å²) in [6.45, 7) is 0.209. The molecule has 40 heavy (non-hydrogen) atoms. The summed E-state index contributed by atoms with van der Waals surface area (Å²) in [5.41, 5.74) is 5.41. The topological polar surface area (TPSA) is 171 Å². The first-order valence-electron chi connectivity index (χ1n) is 12.2. The zero-order valence-corrected chi connectivity index (χ0v) is 22.2. The van der Waals surface area contributed by atoms with E-state index in [0.717, 1.165) is 15.7 Å². The van der Waals surface area contributed by atoms with Gasteiger partial charge in [-0.1, -0.05) is 36.8 Å². The Bertz CT molecular complexity index is 1400. The van der Waals surface area contributed by atoms with Gasteiger partial charge in [0.1, 0.15) is 0 Å². The number of unbranched alkanes of at least 4 members (excludes halogenated alkanes) is 1. The molecule has 0 aromatic heterocycles. The number of benzene rings is 2. The van der Waals surface area contributed by atoms with Crippen molar-refractivity contribution in [2.45, 2.75) is 42.8 Å². The Morgan fingerprint density at radius 1 is 1.12 bits per heavy atom. The molecule has 2 aliphatic rings. The van der Waals surface area contributed by atoms with Crippen molar-refractivity contribution in [3.8, 4) is 0 Å². The van der Waals surface area contributed by atoms with Crippen LogP contribution in [0.25, 0.3) is 10.8 Å². The molecule has 0 spiro atoms. The maximum absolute atomic E-state index is 13.4. The number of imide groups is 1. The first kappa shape index (κ1) is 30.8. The van der Waals surface area contributed by atoms with Crippen molar-refractivity contribution in [3.63, 3.8) is 0 Å². The lowest BCUT2D eigenvalue weighted by Gasteiger charge is -2.23. The van der Waals surface area contributed by atoms with Crippen LogP contribution in [-0.4, -0.2) is 79.0 Å². The van der Waals surface area contributed by atoms with Gasteiger partial charge >= 0.3 is 18.2 Å². The summed E-state index contributed by atoms with van der Waals surface area (Å²) in [6, 6.07) is 12.0. The third kappa shape index (κ3) is 6.70. The minimum absolute atomic E-state index is 0.0462. The molecule has 1 unspecified atom stereocenters. The molecule has 2 saturated heterocycles. The fourth-order valence-electron chi connectivity index (χ4n) is 4.98. The number of nitrogens with zero attached hydrogens (tertiary/aromatic N) is 2. The Balaban J connectivity index is 0.000000559. The summed E-state index contributed by atoms with van der Waals surface area (Å²) in [5.74, 6) is -3.76. The van der Waals surface area contributed by atoms with Crippen molar-refractivity contribution in [3.05, 3.63) is 42.5 Å². The Kier molecular flexibility index (Phi) is 9.40. The summed E-state index contributed by atoms with van der Waals surface area (Å²) in [7, 11) is -2.60. The molecule has 0 radical (unpaired) electrons. The molecule has 15 heteroatoms. The van der Waals surface area contributed by atoms with E-state index < -0.39 is 40.2 Å². The number of halogens is 3. The molecular weight excluding hydrogens is 557 g/mol. The number of likely N-dealkylation sites (tertiary alicyclic amines) is 1. The van der Waals surface area contributed by atoms with Gasteiger partial charge in [-0.3, -0.25) is 10.2 Å². The standard InChI is InChI=1S/C23H28N4O5S.C2HF3O2/c1-32-23(29)27-20-14-26(13-19(20)18(22(27)28)8-4-5-9-21(24)25)33(30,31)17-11-10-15-6-2-3-7-16(15)12-17;3-2(4,5)1(6)7/h2-3,6-7,10-12,18-20H,4-5,8-9,13-14H2,1H3,(H3,24,25);(H,6,7)/t18?,19-,20+;/m0./s1. The van der Waals surface area contributed by atoms with E-state index in [1.54, 1.807) is 18.2 Å². The Labute approximate surface area is 228 Å². The van der Waals surface area contributed by atoms with Gasteiger partial charge in [0.25, 0.3) is 0 Å². The number of carbonyl (C=O) groups excluding carboxylic acids is 2. The molecule has 11 nitrogen and oxygen atoms in total. The van der Waals surface area contributed by atoms with Crippen LogP contribution in [0.15, 0.2) is 47.4 Å². The molecule has 2 aromatic carbocycles. The fraction of sp³-hybridized carbons (Fsp3) is 0.440. The highest BCUT2D eigenvalue weighted by Crippen LogP contribution is 2.41.